The van der Waals surface area contributed by atoms with Gasteiger partial charge in [0.25, 0.3) is 0 Å². The zero-order chi connectivity index (χ0) is 29.0. The predicted molar refractivity (Wildman–Crippen MR) is 180 cm³/mol. The van der Waals surface area contributed by atoms with Crippen LogP contribution in [-0.4, -0.2) is 26.5 Å². The Morgan fingerprint density at radius 1 is 0.523 bits per heavy atom. The van der Waals surface area contributed by atoms with Gasteiger partial charge in [0.1, 0.15) is 0 Å². The zero-order valence-corrected chi connectivity index (χ0v) is 23.7. The standard InChI is InChI=1S/C37H25BN6/c1-3-13-26(14-4-1)35-39-36(27-15-5-2-6-16-27)41-37(40-35)43-31-18-8-7-17-29(31)30-25-28(21-22-32(30)43)44-34-20-10-9-19-33(34)42-24-12-11-23-38(42)44/h1-25H. The Morgan fingerprint density at radius 3 is 1.91 bits per heavy atom. The monoisotopic (exact) mass is 564 g/mol. The van der Waals surface area contributed by atoms with Crippen molar-refractivity contribution in [3.63, 3.8) is 0 Å². The number of nitrogens with zero attached hydrogens (tertiary/aromatic N) is 6. The molecule has 0 saturated heterocycles. The predicted octanol–water partition coefficient (Wildman–Crippen LogP) is 8.37. The largest absolute Gasteiger partial charge is 0.412 e. The first kappa shape index (κ1) is 24.6. The minimum absolute atomic E-state index is 0.0774. The van der Waals surface area contributed by atoms with Crippen LogP contribution in [-0.2, 0) is 0 Å². The molecule has 9 rings (SSSR count). The third kappa shape index (κ3) is 3.79. The van der Waals surface area contributed by atoms with Crippen molar-refractivity contribution in [2.75, 3.05) is 9.62 Å². The lowest BCUT2D eigenvalue weighted by molar-refractivity contribution is 0.953. The molecular weight excluding hydrogens is 539 g/mol. The summed E-state index contributed by atoms with van der Waals surface area (Å²) >= 11 is 0. The van der Waals surface area contributed by atoms with Crippen molar-refractivity contribution in [2.24, 2.45) is 0 Å². The van der Waals surface area contributed by atoms with Gasteiger partial charge in [0.05, 0.1) is 22.4 Å². The summed E-state index contributed by atoms with van der Waals surface area (Å²) in [5, 5.41) is 2.29. The highest BCUT2D eigenvalue weighted by molar-refractivity contribution is 6.76. The summed E-state index contributed by atoms with van der Waals surface area (Å²) in [5.74, 6) is 4.12. The summed E-state index contributed by atoms with van der Waals surface area (Å²) < 4.78 is 2.17. The number of allylic oxidation sites excluding steroid dienone is 2. The number of para-hydroxylation sites is 3. The van der Waals surface area contributed by atoms with Gasteiger partial charge in [0.2, 0.25) is 5.95 Å². The SMILES string of the molecule is C1=CB2N(C=C1)c1ccccc1N2c1ccc2c(c1)c1ccccc1n2-c1nc(-c2ccccc2)nc(-c2ccccc2)n1. The maximum atomic E-state index is 5.06. The maximum Gasteiger partial charge on any atom is 0.412 e. The number of hydrogen-bond donors (Lipinski definition) is 0. The fourth-order valence-corrected chi connectivity index (χ4v) is 6.46. The van der Waals surface area contributed by atoms with Gasteiger partial charge < -0.3 is 9.62 Å². The van der Waals surface area contributed by atoms with Crippen LogP contribution < -0.4 is 9.62 Å². The molecule has 5 aromatic carbocycles. The molecule has 0 atom stereocenters. The molecule has 0 N–H and O–H groups in total. The Kier molecular flexibility index (Phi) is 5.50. The van der Waals surface area contributed by atoms with Crippen molar-refractivity contribution in [1.82, 2.24) is 19.5 Å². The number of rotatable bonds is 4. The molecule has 0 radical (unpaired) electrons. The van der Waals surface area contributed by atoms with E-state index < -0.39 is 0 Å². The van der Waals surface area contributed by atoms with E-state index in [0.717, 1.165) is 38.6 Å². The lowest BCUT2D eigenvalue weighted by Gasteiger charge is -2.27. The van der Waals surface area contributed by atoms with Gasteiger partial charge in [-0.25, -0.2) is 4.98 Å². The molecule has 2 aliphatic rings. The quantitative estimate of drug-likeness (QED) is 0.201. The van der Waals surface area contributed by atoms with E-state index in [4.69, 9.17) is 15.0 Å². The van der Waals surface area contributed by atoms with Crippen molar-refractivity contribution in [1.29, 1.82) is 0 Å². The molecule has 0 fully saturated rings. The Balaban J connectivity index is 1.27. The summed E-state index contributed by atoms with van der Waals surface area (Å²) in [7, 11) is 0. The molecule has 44 heavy (non-hydrogen) atoms. The molecule has 7 aromatic rings. The second-order valence-electron chi connectivity index (χ2n) is 11.0. The summed E-state index contributed by atoms with van der Waals surface area (Å²) in [6, 6.07) is 44.0. The summed E-state index contributed by atoms with van der Waals surface area (Å²) in [5.41, 5.74) is 7.51. The lowest BCUT2D eigenvalue weighted by Crippen LogP contribution is -2.42. The molecule has 0 saturated carbocycles. The van der Waals surface area contributed by atoms with E-state index in [-0.39, 0.29) is 6.98 Å². The molecule has 0 unspecified atom stereocenters. The zero-order valence-electron chi connectivity index (χ0n) is 23.7. The fraction of sp³-hybridized carbons (Fsp3) is 0. The van der Waals surface area contributed by atoms with Crippen molar-refractivity contribution >= 4 is 45.9 Å². The van der Waals surface area contributed by atoms with Gasteiger partial charge in [-0.1, -0.05) is 103 Å². The molecule has 7 heteroatoms. The van der Waals surface area contributed by atoms with E-state index in [1.165, 1.54) is 11.4 Å². The summed E-state index contributed by atoms with van der Waals surface area (Å²) in [6.07, 6.45) is 6.37. The lowest BCUT2D eigenvalue weighted by atomic mass is 9.71. The van der Waals surface area contributed by atoms with E-state index in [1.54, 1.807) is 0 Å². The Bertz CT molecular complexity index is 2200. The van der Waals surface area contributed by atoms with Crippen LogP contribution in [0.25, 0.3) is 50.5 Å². The molecule has 0 aliphatic carbocycles. The maximum absolute atomic E-state index is 5.06. The minimum atomic E-state index is 0.0774. The Morgan fingerprint density at radius 2 is 1.16 bits per heavy atom. The highest BCUT2D eigenvalue weighted by atomic mass is 15.3. The van der Waals surface area contributed by atoms with E-state index in [2.05, 4.69) is 105 Å². The molecule has 2 aliphatic heterocycles. The van der Waals surface area contributed by atoms with Gasteiger partial charge in [0, 0.05) is 27.6 Å². The number of aromatic nitrogens is 4. The third-order valence-corrected chi connectivity index (χ3v) is 8.43. The van der Waals surface area contributed by atoms with Gasteiger partial charge >= 0.3 is 6.98 Å². The van der Waals surface area contributed by atoms with Crippen LogP contribution in [0.5, 0.6) is 0 Å². The van der Waals surface area contributed by atoms with Crippen LogP contribution in [0.4, 0.5) is 17.1 Å². The van der Waals surface area contributed by atoms with Crippen molar-refractivity contribution in [2.45, 2.75) is 0 Å². The van der Waals surface area contributed by atoms with E-state index >= 15 is 0 Å². The average molecular weight is 564 g/mol. The molecule has 2 aromatic heterocycles. The number of fused-ring (bicyclic) bond motifs is 6. The van der Waals surface area contributed by atoms with Gasteiger partial charge in [-0.05, 0) is 48.7 Å². The van der Waals surface area contributed by atoms with Crippen molar-refractivity contribution < 1.29 is 0 Å². The summed E-state index contributed by atoms with van der Waals surface area (Å²) in [6.45, 7) is 0.0774. The molecule has 206 valence electrons. The molecule has 0 bridgehead atoms. The van der Waals surface area contributed by atoms with E-state index in [1.807, 2.05) is 60.7 Å². The highest BCUT2D eigenvalue weighted by Crippen LogP contribution is 2.45. The topological polar surface area (TPSA) is 50.1 Å². The van der Waals surface area contributed by atoms with Crippen LogP contribution >= 0.6 is 0 Å². The first-order chi connectivity index (χ1) is 21.8. The fourth-order valence-electron chi connectivity index (χ4n) is 6.46. The molecule has 0 spiro atoms. The van der Waals surface area contributed by atoms with Crippen LogP contribution in [0.2, 0.25) is 0 Å². The Hall–Kier alpha value is -5.95. The Labute approximate surface area is 255 Å². The van der Waals surface area contributed by atoms with E-state index in [0.29, 0.717) is 17.6 Å². The van der Waals surface area contributed by atoms with Gasteiger partial charge in [-0.3, -0.25) is 4.57 Å². The van der Waals surface area contributed by atoms with Crippen molar-refractivity contribution in [3.05, 3.63) is 152 Å². The van der Waals surface area contributed by atoms with Crippen molar-refractivity contribution in [3.8, 4) is 28.7 Å². The first-order valence-corrected chi connectivity index (χ1v) is 14.8. The third-order valence-electron chi connectivity index (χ3n) is 8.43. The molecular formula is C37H25BN6. The second-order valence-corrected chi connectivity index (χ2v) is 11.0. The first-order valence-electron chi connectivity index (χ1n) is 14.8. The van der Waals surface area contributed by atoms with Crippen LogP contribution in [0.3, 0.4) is 0 Å². The minimum Gasteiger partial charge on any atom is -0.367 e. The van der Waals surface area contributed by atoms with Gasteiger partial charge in [0.15, 0.2) is 11.6 Å². The molecule has 6 nitrogen and oxygen atoms in total. The van der Waals surface area contributed by atoms with Gasteiger partial charge in [-0.15, -0.1) is 0 Å². The number of benzene rings is 5. The number of anilines is 3. The number of hydrogen-bond acceptors (Lipinski definition) is 5. The molecule has 4 heterocycles. The highest BCUT2D eigenvalue weighted by Gasteiger charge is 2.39. The average Bonchev–Trinajstić information content (AvgIpc) is 3.61. The summed E-state index contributed by atoms with van der Waals surface area (Å²) in [4.78, 5) is 19.8. The molecule has 0 amide bonds. The normalized spacial score (nSPS) is 13.6. The van der Waals surface area contributed by atoms with Crippen LogP contribution in [0, 0.1) is 0 Å². The van der Waals surface area contributed by atoms with Crippen LogP contribution in [0.15, 0.2) is 152 Å². The van der Waals surface area contributed by atoms with Gasteiger partial charge in [-0.2, -0.15) is 9.97 Å². The smallest absolute Gasteiger partial charge is 0.367 e. The van der Waals surface area contributed by atoms with E-state index in [9.17, 15) is 0 Å². The van der Waals surface area contributed by atoms with Crippen LogP contribution in [0.1, 0.15) is 0 Å². The second kappa shape index (κ2) is 9.82.